The lowest BCUT2D eigenvalue weighted by Gasteiger charge is -2.32. The zero-order valence-electron chi connectivity index (χ0n) is 16.5. The van der Waals surface area contributed by atoms with Crippen molar-refractivity contribution >= 4 is 53.1 Å². The van der Waals surface area contributed by atoms with E-state index in [1.165, 1.54) is 11.3 Å². The van der Waals surface area contributed by atoms with Crippen LogP contribution in [0, 0.1) is 11.3 Å². The number of carbonyl (C=O) groups is 2. The fraction of sp³-hybridized carbons (Fsp3) is 0.722. The Labute approximate surface area is 178 Å². The minimum absolute atomic E-state index is 0. The molecule has 156 valence electrons. The molecule has 1 aromatic rings. The average Bonchev–Trinajstić information content (AvgIpc) is 2.99. The zero-order chi connectivity index (χ0) is 18.4. The summed E-state index contributed by atoms with van der Waals surface area (Å²) in [5, 5.41) is 8.62. The molecule has 27 heavy (non-hydrogen) atoms. The van der Waals surface area contributed by atoms with Crippen LogP contribution >= 0.6 is 36.2 Å². The molecule has 1 aliphatic rings. The third-order valence-electron chi connectivity index (χ3n) is 4.44. The molecule has 0 aromatic carbocycles. The van der Waals surface area contributed by atoms with Gasteiger partial charge in [0.2, 0.25) is 11.8 Å². The highest BCUT2D eigenvalue weighted by Crippen LogP contribution is 2.22. The Hall–Kier alpha value is -0.890. The van der Waals surface area contributed by atoms with Gasteiger partial charge in [-0.25, -0.2) is 4.98 Å². The van der Waals surface area contributed by atoms with Gasteiger partial charge >= 0.3 is 0 Å². The summed E-state index contributed by atoms with van der Waals surface area (Å²) in [6.07, 6.45) is 2.42. The molecule has 0 saturated carbocycles. The Morgan fingerprint density at radius 3 is 2.44 bits per heavy atom. The Balaban J connectivity index is 0.00000338. The maximum Gasteiger partial charge on any atom is 0.231 e. The molecule has 1 fully saturated rings. The fourth-order valence-corrected chi connectivity index (χ4v) is 3.44. The van der Waals surface area contributed by atoms with E-state index in [1.807, 2.05) is 31.1 Å². The maximum absolute atomic E-state index is 12.5. The van der Waals surface area contributed by atoms with Gasteiger partial charge in [0.1, 0.15) is 0 Å². The van der Waals surface area contributed by atoms with Gasteiger partial charge in [0.25, 0.3) is 0 Å². The van der Waals surface area contributed by atoms with Crippen LogP contribution in [0.25, 0.3) is 0 Å². The van der Waals surface area contributed by atoms with Crippen LogP contribution in [-0.2, 0) is 16.0 Å². The standard InChI is InChI=1S/C18H30N4O2S.2ClH/c1-5-19-11-13-6-8-22(9-7-13)15(23)10-14-12-25-17(20-14)21-16(24)18(2,3)4;;/h12-13,19H,5-11H2,1-4H3,(H,20,21,24);2*1H. The Kier molecular flexibility index (Phi) is 11.5. The molecule has 1 aliphatic heterocycles. The first kappa shape index (κ1) is 26.1. The van der Waals surface area contributed by atoms with Gasteiger partial charge in [-0.15, -0.1) is 36.2 Å². The molecule has 0 atom stereocenters. The molecule has 0 radical (unpaired) electrons. The Morgan fingerprint density at radius 2 is 1.89 bits per heavy atom. The number of rotatable bonds is 6. The van der Waals surface area contributed by atoms with Crippen LogP contribution in [0.2, 0.25) is 0 Å². The van der Waals surface area contributed by atoms with Gasteiger partial charge in [0, 0.05) is 23.9 Å². The van der Waals surface area contributed by atoms with Crippen molar-refractivity contribution in [1.82, 2.24) is 15.2 Å². The molecule has 2 heterocycles. The van der Waals surface area contributed by atoms with Gasteiger partial charge in [0.05, 0.1) is 12.1 Å². The number of piperidine rings is 1. The Morgan fingerprint density at radius 1 is 1.26 bits per heavy atom. The van der Waals surface area contributed by atoms with E-state index in [-0.39, 0.29) is 36.6 Å². The highest BCUT2D eigenvalue weighted by atomic mass is 35.5. The minimum atomic E-state index is -0.460. The average molecular weight is 439 g/mol. The first-order valence-corrected chi connectivity index (χ1v) is 9.92. The quantitative estimate of drug-likeness (QED) is 0.713. The number of carbonyl (C=O) groups excluding carboxylic acids is 2. The number of aromatic nitrogens is 1. The number of halogens is 2. The molecule has 2 N–H and O–H groups in total. The number of thiazole rings is 1. The second kappa shape index (κ2) is 11.8. The van der Waals surface area contributed by atoms with Crippen molar-refractivity contribution in [3.63, 3.8) is 0 Å². The van der Waals surface area contributed by atoms with Crippen LogP contribution < -0.4 is 10.6 Å². The predicted molar refractivity (Wildman–Crippen MR) is 116 cm³/mol. The lowest BCUT2D eigenvalue weighted by molar-refractivity contribution is -0.131. The smallest absolute Gasteiger partial charge is 0.231 e. The SMILES string of the molecule is CCNCC1CCN(C(=O)Cc2csc(NC(=O)C(C)(C)C)n2)CC1.Cl.Cl. The van der Waals surface area contributed by atoms with Crippen LogP contribution in [-0.4, -0.2) is 47.9 Å². The summed E-state index contributed by atoms with van der Waals surface area (Å²) in [5.74, 6) is 0.728. The van der Waals surface area contributed by atoms with E-state index in [2.05, 4.69) is 22.5 Å². The molecule has 0 spiro atoms. The van der Waals surface area contributed by atoms with E-state index < -0.39 is 5.41 Å². The van der Waals surface area contributed by atoms with Crippen LogP contribution in [0.4, 0.5) is 5.13 Å². The molecule has 0 unspecified atom stereocenters. The third-order valence-corrected chi connectivity index (χ3v) is 5.24. The summed E-state index contributed by atoms with van der Waals surface area (Å²) in [6, 6.07) is 0. The first-order chi connectivity index (χ1) is 11.8. The van der Waals surface area contributed by atoms with Crippen LogP contribution in [0.5, 0.6) is 0 Å². The number of nitrogens with one attached hydrogen (secondary N) is 2. The van der Waals surface area contributed by atoms with Crippen molar-refractivity contribution in [2.24, 2.45) is 11.3 Å². The van der Waals surface area contributed by atoms with Crippen molar-refractivity contribution < 1.29 is 9.59 Å². The minimum Gasteiger partial charge on any atom is -0.342 e. The largest absolute Gasteiger partial charge is 0.342 e. The molecular formula is C18H32Cl2N4O2S. The Bertz CT molecular complexity index is 596. The van der Waals surface area contributed by atoms with Gasteiger partial charge in [-0.05, 0) is 31.8 Å². The van der Waals surface area contributed by atoms with Gasteiger partial charge in [-0.1, -0.05) is 27.7 Å². The number of likely N-dealkylation sites (tertiary alicyclic amines) is 1. The van der Waals surface area contributed by atoms with E-state index in [0.717, 1.165) is 44.7 Å². The number of nitrogens with zero attached hydrogens (tertiary/aromatic N) is 2. The first-order valence-electron chi connectivity index (χ1n) is 9.04. The van der Waals surface area contributed by atoms with Gasteiger partial charge in [-0.2, -0.15) is 0 Å². The second-order valence-corrected chi connectivity index (χ2v) is 8.51. The second-order valence-electron chi connectivity index (χ2n) is 7.66. The van der Waals surface area contributed by atoms with E-state index in [9.17, 15) is 9.59 Å². The number of hydrogen-bond acceptors (Lipinski definition) is 5. The molecular weight excluding hydrogens is 407 g/mol. The van der Waals surface area contributed by atoms with Crippen LogP contribution in [0.15, 0.2) is 5.38 Å². The summed E-state index contributed by atoms with van der Waals surface area (Å²) in [4.78, 5) is 30.8. The predicted octanol–water partition coefficient (Wildman–Crippen LogP) is 3.36. The van der Waals surface area contributed by atoms with Crippen molar-refractivity contribution in [3.8, 4) is 0 Å². The number of amides is 2. The monoisotopic (exact) mass is 438 g/mol. The molecule has 2 rings (SSSR count). The van der Waals surface area contributed by atoms with E-state index in [0.29, 0.717) is 17.5 Å². The molecule has 0 bridgehead atoms. The molecule has 0 aliphatic carbocycles. The van der Waals surface area contributed by atoms with Crippen molar-refractivity contribution in [3.05, 3.63) is 11.1 Å². The maximum atomic E-state index is 12.5. The topological polar surface area (TPSA) is 74.3 Å². The summed E-state index contributed by atoms with van der Waals surface area (Å²) in [5.41, 5.74) is 0.271. The third kappa shape index (κ3) is 8.34. The van der Waals surface area contributed by atoms with Gasteiger partial charge in [-0.3, -0.25) is 9.59 Å². The lowest BCUT2D eigenvalue weighted by atomic mass is 9.96. The van der Waals surface area contributed by atoms with Crippen LogP contribution in [0.3, 0.4) is 0 Å². The highest BCUT2D eigenvalue weighted by Gasteiger charge is 2.24. The zero-order valence-corrected chi connectivity index (χ0v) is 19.0. The van der Waals surface area contributed by atoms with Crippen molar-refractivity contribution in [2.75, 3.05) is 31.5 Å². The normalized spacial score (nSPS) is 14.9. The highest BCUT2D eigenvalue weighted by molar-refractivity contribution is 7.13. The van der Waals surface area contributed by atoms with Crippen molar-refractivity contribution in [1.29, 1.82) is 0 Å². The summed E-state index contributed by atoms with van der Waals surface area (Å²) in [7, 11) is 0. The molecule has 9 heteroatoms. The number of anilines is 1. The molecule has 1 saturated heterocycles. The van der Waals surface area contributed by atoms with E-state index in [1.54, 1.807) is 0 Å². The van der Waals surface area contributed by atoms with E-state index in [4.69, 9.17) is 0 Å². The number of hydrogen-bond donors (Lipinski definition) is 2. The summed E-state index contributed by atoms with van der Waals surface area (Å²) in [6.45, 7) is 11.4. The van der Waals surface area contributed by atoms with Gasteiger partial charge in [0.15, 0.2) is 5.13 Å². The molecule has 6 nitrogen and oxygen atoms in total. The summed E-state index contributed by atoms with van der Waals surface area (Å²) < 4.78 is 0. The lowest BCUT2D eigenvalue weighted by Crippen LogP contribution is -2.41. The summed E-state index contributed by atoms with van der Waals surface area (Å²) >= 11 is 1.37. The van der Waals surface area contributed by atoms with Crippen molar-refractivity contribution in [2.45, 2.75) is 47.0 Å². The van der Waals surface area contributed by atoms with Crippen LogP contribution in [0.1, 0.15) is 46.2 Å². The fourth-order valence-electron chi connectivity index (χ4n) is 2.73. The van der Waals surface area contributed by atoms with E-state index >= 15 is 0 Å². The molecule has 1 aromatic heterocycles. The molecule has 2 amide bonds. The van der Waals surface area contributed by atoms with Gasteiger partial charge < -0.3 is 15.5 Å².